The lowest BCUT2D eigenvalue weighted by atomic mass is 10.0. The Morgan fingerprint density at radius 3 is 2.62 bits per heavy atom. The molecule has 2 nitrogen and oxygen atoms in total. The van der Waals surface area contributed by atoms with Crippen molar-refractivity contribution in [1.82, 2.24) is 10.2 Å². The second-order valence-corrected chi connectivity index (χ2v) is 5.61. The minimum absolute atomic E-state index is 0.102. The van der Waals surface area contributed by atoms with Crippen LogP contribution < -0.4 is 5.32 Å². The molecule has 21 heavy (non-hydrogen) atoms. The molecule has 0 spiro atoms. The average Bonchev–Trinajstić information content (AvgIpc) is 2.52. The van der Waals surface area contributed by atoms with Crippen molar-refractivity contribution in [3.63, 3.8) is 0 Å². The minimum atomic E-state index is -0.102. The molecule has 0 amide bonds. The third-order valence-electron chi connectivity index (χ3n) is 4.12. The lowest BCUT2D eigenvalue weighted by Crippen LogP contribution is -2.51. The molecule has 0 saturated carbocycles. The third-order valence-corrected chi connectivity index (χ3v) is 4.12. The molecule has 1 unspecified atom stereocenters. The van der Waals surface area contributed by atoms with Crippen molar-refractivity contribution in [2.75, 3.05) is 19.6 Å². The molecule has 1 fully saturated rings. The predicted octanol–water partition coefficient (Wildman–Crippen LogP) is 2.84. The minimum Gasteiger partial charge on any atom is -0.314 e. The summed E-state index contributed by atoms with van der Waals surface area (Å²) in [6, 6.07) is 18.0. The number of nitrogens with zero attached hydrogens (tertiary/aromatic N) is 1. The van der Waals surface area contributed by atoms with E-state index < -0.39 is 0 Å². The lowest BCUT2D eigenvalue weighted by Gasteiger charge is -2.36. The number of hydrogen-bond acceptors (Lipinski definition) is 2. The van der Waals surface area contributed by atoms with Crippen molar-refractivity contribution in [2.45, 2.75) is 19.0 Å². The van der Waals surface area contributed by atoms with E-state index in [1.807, 2.05) is 18.2 Å². The molecule has 1 aliphatic heterocycles. The fraction of sp³-hybridized carbons (Fsp3) is 0.333. The molecule has 1 atom stereocenters. The molecule has 2 aromatic rings. The van der Waals surface area contributed by atoms with Crippen LogP contribution in [0.2, 0.25) is 0 Å². The molecule has 110 valence electrons. The average molecular weight is 284 g/mol. The van der Waals surface area contributed by atoms with Gasteiger partial charge in [-0.2, -0.15) is 0 Å². The number of halogens is 1. The van der Waals surface area contributed by atoms with Crippen LogP contribution in [0.15, 0.2) is 54.6 Å². The summed E-state index contributed by atoms with van der Waals surface area (Å²) in [4.78, 5) is 2.39. The molecular formula is C18H21FN2. The maximum atomic E-state index is 13.9. The Bertz CT molecular complexity index is 570. The normalized spacial score (nSPS) is 19.6. The Morgan fingerprint density at radius 2 is 1.81 bits per heavy atom. The molecule has 2 aromatic carbocycles. The summed E-state index contributed by atoms with van der Waals surface area (Å²) in [7, 11) is 0. The van der Waals surface area contributed by atoms with E-state index in [2.05, 4.69) is 34.5 Å². The summed E-state index contributed by atoms with van der Waals surface area (Å²) in [6.45, 7) is 3.58. The van der Waals surface area contributed by atoms with E-state index in [9.17, 15) is 4.39 Å². The molecule has 3 heteroatoms. The Hall–Kier alpha value is -1.71. The molecule has 1 aliphatic rings. The van der Waals surface area contributed by atoms with Gasteiger partial charge in [-0.25, -0.2) is 4.39 Å². The summed E-state index contributed by atoms with van der Waals surface area (Å²) in [5, 5.41) is 3.45. The zero-order valence-corrected chi connectivity index (χ0v) is 12.1. The molecule has 0 aliphatic carbocycles. The van der Waals surface area contributed by atoms with Gasteiger partial charge in [0, 0.05) is 37.8 Å². The number of rotatable bonds is 4. The SMILES string of the molecule is Fc1ccccc1CN1CCNCC1Cc1ccccc1. The van der Waals surface area contributed by atoms with Crippen molar-refractivity contribution in [3.05, 3.63) is 71.5 Å². The van der Waals surface area contributed by atoms with Crippen molar-refractivity contribution >= 4 is 0 Å². The standard InChI is InChI=1S/C18H21FN2/c19-18-9-5-4-8-16(18)14-21-11-10-20-13-17(21)12-15-6-2-1-3-7-15/h1-9,17,20H,10-14H2. The van der Waals surface area contributed by atoms with Gasteiger partial charge in [-0.15, -0.1) is 0 Å². The van der Waals surface area contributed by atoms with Crippen LogP contribution in [0.3, 0.4) is 0 Å². The maximum absolute atomic E-state index is 13.9. The third kappa shape index (κ3) is 3.69. The second kappa shape index (κ2) is 6.83. The molecule has 1 saturated heterocycles. The van der Waals surface area contributed by atoms with Gasteiger partial charge in [0.15, 0.2) is 0 Å². The van der Waals surface area contributed by atoms with E-state index in [-0.39, 0.29) is 5.82 Å². The van der Waals surface area contributed by atoms with Gasteiger partial charge in [-0.05, 0) is 18.1 Å². The van der Waals surface area contributed by atoms with E-state index in [1.165, 1.54) is 5.56 Å². The van der Waals surface area contributed by atoms with Crippen LogP contribution in [0.1, 0.15) is 11.1 Å². The van der Waals surface area contributed by atoms with Crippen molar-refractivity contribution in [2.24, 2.45) is 0 Å². The van der Waals surface area contributed by atoms with E-state index in [4.69, 9.17) is 0 Å². The fourth-order valence-electron chi connectivity index (χ4n) is 2.94. The Kier molecular flexibility index (Phi) is 4.63. The van der Waals surface area contributed by atoms with E-state index >= 15 is 0 Å². The Labute approximate surface area is 125 Å². The molecule has 1 heterocycles. The van der Waals surface area contributed by atoms with Crippen molar-refractivity contribution in [1.29, 1.82) is 0 Å². The van der Waals surface area contributed by atoms with Crippen LogP contribution >= 0.6 is 0 Å². The van der Waals surface area contributed by atoms with Crippen molar-refractivity contribution < 1.29 is 4.39 Å². The van der Waals surface area contributed by atoms with E-state index in [0.717, 1.165) is 31.6 Å². The van der Waals surface area contributed by atoms with E-state index in [0.29, 0.717) is 12.6 Å². The predicted molar refractivity (Wildman–Crippen MR) is 83.6 cm³/mol. The zero-order chi connectivity index (χ0) is 14.5. The summed E-state index contributed by atoms with van der Waals surface area (Å²) in [6.07, 6.45) is 1.00. The molecular weight excluding hydrogens is 263 g/mol. The smallest absolute Gasteiger partial charge is 0.127 e. The molecule has 3 rings (SSSR count). The first kappa shape index (κ1) is 14.2. The van der Waals surface area contributed by atoms with Crippen LogP contribution in [-0.4, -0.2) is 30.6 Å². The number of hydrogen-bond donors (Lipinski definition) is 1. The number of nitrogens with one attached hydrogen (secondary N) is 1. The van der Waals surface area contributed by atoms with Gasteiger partial charge >= 0.3 is 0 Å². The quantitative estimate of drug-likeness (QED) is 0.929. The second-order valence-electron chi connectivity index (χ2n) is 5.61. The fourth-order valence-corrected chi connectivity index (χ4v) is 2.94. The first-order valence-electron chi connectivity index (χ1n) is 7.55. The summed E-state index contributed by atoms with van der Waals surface area (Å²) >= 11 is 0. The first-order chi connectivity index (χ1) is 10.3. The van der Waals surface area contributed by atoms with Gasteiger partial charge in [0.25, 0.3) is 0 Å². The Balaban J connectivity index is 1.71. The summed E-state index contributed by atoms with van der Waals surface area (Å²) < 4.78 is 13.9. The van der Waals surface area contributed by atoms with Gasteiger partial charge in [-0.1, -0.05) is 48.5 Å². The van der Waals surface area contributed by atoms with Crippen LogP contribution in [0, 0.1) is 5.82 Å². The molecule has 0 radical (unpaired) electrons. The highest BCUT2D eigenvalue weighted by Gasteiger charge is 2.23. The molecule has 1 N–H and O–H groups in total. The van der Waals surface area contributed by atoms with E-state index in [1.54, 1.807) is 12.1 Å². The maximum Gasteiger partial charge on any atom is 0.127 e. The number of piperazine rings is 1. The van der Waals surface area contributed by atoms with Gasteiger partial charge in [0.05, 0.1) is 0 Å². The molecule has 0 bridgehead atoms. The number of benzene rings is 2. The van der Waals surface area contributed by atoms with Gasteiger partial charge in [0.2, 0.25) is 0 Å². The highest BCUT2D eigenvalue weighted by molar-refractivity contribution is 5.19. The van der Waals surface area contributed by atoms with Gasteiger partial charge in [-0.3, -0.25) is 4.90 Å². The van der Waals surface area contributed by atoms with Crippen LogP contribution in [0.5, 0.6) is 0 Å². The highest BCUT2D eigenvalue weighted by atomic mass is 19.1. The largest absolute Gasteiger partial charge is 0.314 e. The monoisotopic (exact) mass is 284 g/mol. The van der Waals surface area contributed by atoms with Gasteiger partial charge in [0.1, 0.15) is 5.82 Å². The summed E-state index contributed by atoms with van der Waals surface area (Å²) in [5.74, 6) is -0.102. The topological polar surface area (TPSA) is 15.3 Å². The van der Waals surface area contributed by atoms with Crippen LogP contribution in [0.25, 0.3) is 0 Å². The van der Waals surface area contributed by atoms with Crippen LogP contribution in [-0.2, 0) is 13.0 Å². The molecule has 0 aromatic heterocycles. The Morgan fingerprint density at radius 1 is 1.05 bits per heavy atom. The van der Waals surface area contributed by atoms with Gasteiger partial charge < -0.3 is 5.32 Å². The zero-order valence-electron chi connectivity index (χ0n) is 12.1. The summed E-state index contributed by atoms with van der Waals surface area (Å²) in [5.41, 5.74) is 2.13. The highest BCUT2D eigenvalue weighted by Crippen LogP contribution is 2.16. The first-order valence-corrected chi connectivity index (χ1v) is 7.55. The van der Waals surface area contributed by atoms with Crippen LogP contribution in [0.4, 0.5) is 4.39 Å². The van der Waals surface area contributed by atoms with Crippen molar-refractivity contribution in [3.8, 4) is 0 Å². The lowest BCUT2D eigenvalue weighted by molar-refractivity contribution is 0.150.